The highest BCUT2D eigenvalue weighted by Crippen LogP contribution is 2.31. The first-order chi connectivity index (χ1) is 9.66. The molecule has 0 aliphatic rings. The normalized spacial score (nSPS) is 9.95. The number of nitrogens with two attached hydrogens (primary N) is 1. The van der Waals surface area contributed by atoms with Gasteiger partial charge >= 0.3 is 6.01 Å². The van der Waals surface area contributed by atoms with Crippen molar-refractivity contribution >= 4 is 5.69 Å². The van der Waals surface area contributed by atoms with Crippen molar-refractivity contribution in [2.75, 3.05) is 27.1 Å². The Labute approximate surface area is 116 Å². The Hall–Kier alpha value is -2.70. The van der Waals surface area contributed by atoms with E-state index in [4.69, 9.17) is 24.7 Å². The summed E-state index contributed by atoms with van der Waals surface area (Å²) in [4.78, 5) is 8.12. The minimum absolute atomic E-state index is 0.0705. The van der Waals surface area contributed by atoms with Crippen LogP contribution in [0.1, 0.15) is 0 Å². The van der Waals surface area contributed by atoms with Gasteiger partial charge in [-0.1, -0.05) is 0 Å². The van der Waals surface area contributed by atoms with Gasteiger partial charge in [0.15, 0.2) is 5.75 Å². The van der Waals surface area contributed by atoms with Crippen LogP contribution in [-0.4, -0.2) is 31.3 Å². The van der Waals surface area contributed by atoms with Crippen LogP contribution >= 0.6 is 0 Å². The Kier molecular flexibility index (Phi) is 4.09. The highest BCUT2D eigenvalue weighted by atomic mass is 16.5. The summed E-state index contributed by atoms with van der Waals surface area (Å²) in [5.74, 6) is 1.66. The maximum Gasteiger partial charge on any atom is 0.328 e. The van der Waals surface area contributed by atoms with Crippen LogP contribution in [0.4, 0.5) is 5.69 Å². The molecule has 106 valence electrons. The van der Waals surface area contributed by atoms with Gasteiger partial charge in [0.2, 0.25) is 11.8 Å². The molecule has 0 bridgehead atoms. The molecule has 0 saturated carbocycles. The van der Waals surface area contributed by atoms with E-state index in [0.29, 0.717) is 28.9 Å². The van der Waals surface area contributed by atoms with Crippen molar-refractivity contribution in [1.82, 2.24) is 9.97 Å². The van der Waals surface area contributed by atoms with Gasteiger partial charge < -0.3 is 24.7 Å². The van der Waals surface area contributed by atoms with E-state index in [-0.39, 0.29) is 6.01 Å². The number of methoxy groups -OCH3 is 3. The molecule has 0 aliphatic heterocycles. The third-order valence-electron chi connectivity index (χ3n) is 2.50. The minimum Gasteiger partial charge on any atom is -0.497 e. The maximum atomic E-state index is 5.83. The number of benzene rings is 1. The quantitative estimate of drug-likeness (QED) is 0.834. The average molecular weight is 277 g/mol. The zero-order valence-electron chi connectivity index (χ0n) is 11.4. The number of hydrogen-bond acceptors (Lipinski definition) is 7. The Morgan fingerprint density at radius 1 is 0.900 bits per heavy atom. The van der Waals surface area contributed by atoms with Crippen molar-refractivity contribution in [3.05, 3.63) is 24.3 Å². The number of nitrogen functional groups attached to an aromatic ring is 1. The molecule has 7 heteroatoms. The van der Waals surface area contributed by atoms with Gasteiger partial charge in [-0.3, -0.25) is 0 Å². The van der Waals surface area contributed by atoms with Crippen LogP contribution in [0.15, 0.2) is 24.3 Å². The molecule has 7 nitrogen and oxygen atoms in total. The van der Waals surface area contributed by atoms with E-state index < -0.39 is 0 Å². The minimum atomic E-state index is 0.0705. The lowest BCUT2D eigenvalue weighted by molar-refractivity contribution is 0.347. The lowest BCUT2D eigenvalue weighted by atomic mass is 10.3. The van der Waals surface area contributed by atoms with Crippen molar-refractivity contribution < 1.29 is 18.9 Å². The van der Waals surface area contributed by atoms with Gasteiger partial charge in [0.1, 0.15) is 5.75 Å². The highest BCUT2D eigenvalue weighted by Gasteiger charge is 2.10. The highest BCUT2D eigenvalue weighted by molar-refractivity contribution is 5.56. The van der Waals surface area contributed by atoms with E-state index in [1.54, 1.807) is 31.4 Å². The van der Waals surface area contributed by atoms with Gasteiger partial charge in [-0.25, -0.2) is 0 Å². The van der Waals surface area contributed by atoms with E-state index >= 15 is 0 Å². The fourth-order valence-corrected chi connectivity index (χ4v) is 1.47. The maximum absolute atomic E-state index is 5.83. The van der Waals surface area contributed by atoms with Crippen LogP contribution in [0.25, 0.3) is 0 Å². The first-order valence-corrected chi connectivity index (χ1v) is 5.74. The van der Waals surface area contributed by atoms with Crippen LogP contribution in [0.5, 0.6) is 29.3 Å². The smallest absolute Gasteiger partial charge is 0.328 e. The van der Waals surface area contributed by atoms with E-state index in [1.807, 2.05) is 0 Å². The van der Waals surface area contributed by atoms with Crippen molar-refractivity contribution in [1.29, 1.82) is 0 Å². The summed E-state index contributed by atoms with van der Waals surface area (Å²) >= 11 is 0. The molecule has 1 aromatic carbocycles. The third kappa shape index (κ3) is 3.00. The van der Waals surface area contributed by atoms with Crippen molar-refractivity contribution in [3.63, 3.8) is 0 Å². The molecule has 0 spiro atoms. The summed E-state index contributed by atoms with van der Waals surface area (Å²) in [7, 11) is 4.54. The molecule has 0 fully saturated rings. The summed E-state index contributed by atoms with van der Waals surface area (Å²) < 4.78 is 20.7. The molecule has 0 atom stereocenters. The van der Waals surface area contributed by atoms with Crippen LogP contribution in [0.2, 0.25) is 0 Å². The van der Waals surface area contributed by atoms with Gasteiger partial charge in [-0.15, -0.1) is 0 Å². The van der Waals surface area contributed by atoms with Crippen LogP contribution in [0, 0.1) is 0 Å². The molecule has 2 aromatic rings. The van der Waals surface area contributed by atoms with Gasteiger partial charge in [-0.2, -0.15) is 9.97 Å². The van der Waals surface area contributed by atoms with Crippen LogP contribution < -0.4 is 24.7 Å². The molecule has 1 heterocycles. The zero-order chi connectivity index (χ0) is 14.5. The molecule has 0 radical (unpaired) electrons. The van der Waals surface area contributed by atoms with Gasteiger partial charge in [-0.05, 0) is 12.1 Å². The second-order valence-corrected chi connectivity index (χ2v) is 3.74. The molecular weight excluding hydrogens is 262 g/mol. The van der Waals surface area contributed by atoms with E-state index in [0.717, 1.165) is 0 Å². The summed E-state index contributed by atoms with van der Waals surface area (Å²) in [6.45, 7) is 0. The van der Waals surface area contributed by atoms with E-state index in [2.05, 4.69) is 9.97 Å². The SMILES string of the molecule is COc1ccc(N)c(Oc2nc(OC)cc(OC)n2)c1. The van der Waals surface area contributed by atoms with Crippen molar-refractivity contribution in [2.24, 2.45) is 0 Å². The van der Waals surface area contributed by atoms with Crippen LogP contribution in [-0.2, 0) is 0 Å². The average Bonchev–Trinajstić information content (AvgIpc) is 2.49. The largest absolute Gasteiger partial charge is 0.497 e. The van der Waals surface area contributed by atoms with Gasteiger partial charge in [0, 0.05) is 6.07 Å². The fourth-order valence-electron chi connectivity index (χ4n) is 1.47. The predicted molar refractivity (Wildman–Crippen MR) is 72.6 cm³/mol. The Morgan fingerprint density at radius 3 is 2.10 bits per heavy atom. The lowest BCUT2D eigenvalue weighted by Crippen LogP contribution is -1.99. The summed E-state index contributed by atoms with van der Waals surface area (Å²) in [5.41, 5.74) is 6.28. The van der Waals surface area contributed by atoms with Crippen molar-refractivity contribution in [3.8, 4) is 29.3 Å². The second kappa shape index (κ2) is 5.96. The molecule has 1 aromatic heterocycles. The first kappa shape index (κ1) is 13.7. The Morgan fingerprint density at radius 2 is 1.55 bits per heavy atom. The Balaban J connectivity index is 2.33. The molecule has 0 amide bonds. The first-order valence-electron chi connectivity index (χ1n) is 5.74. The number of anilines is 1. The molecule has 2 N–H and O–H groups in total. The van der Waals surface area contributed by atoms with Crippen LogP contribution in [0.3, 0.4) is 0 Å². The van der Waals surface area contributed by atoms with Crippen molar-refractivity contribution in [2.45, 2.75) is 0 Å². The summed E-state index contributed by atoms with van der Waals surface area (Å²) in [5, 5.41) is 0. The Bertz CT molecular complexity index is 582. The van der Waals surface area contributed by atoms with Gasteiger partial charge in [0.25, 0.3) is 0 Å². The van der Waals surface area contributed by atoms with Gasteiger partial charge in [0.05, 0.1) is 33.1 Å². The number of nitrogens with zero attached hydrogens (tertiary/aromatic N) is 2. The summed E-state index contributed by atoms with van der Waals surface area (Å²) in [6, 6.07) is 6.66. The number of aromatic nitrogens is 2. The fraction of sp³-hybridized carbons (Fsp3) is 0.231. The molecule has 2 rings (SSSR count). The monoisotopic (exact) mass is 277 g/mol. The van der Waals surface area contributed by atoms with E-state index in [9.17, 15) is 0 Å². The number of hydrogen-bond donors (Lipinski definition) is 1. The molecular formula is C13H15N3O4. The topological polar surface area (TPSA) is 88.7 Å². The molecule has 0 unspecified atom stereocenters. The number of ether oxygens (including phenoxy) is 4. The van der Waals surface area contributed by atoms with E-state index in [1.165, 1.54) is 14.2 Å². The number of rotatable bonds is 5. The molecule has 0 saturated heterocycles. The predicted octanol–water partition coefficient (Wildman–Crippen LogP) is 1.88. The third-order valence-corrected chi connectivity index (χ3v) is 2.50. The molecule has 0 aliphatic carbocycles. The summed E-state index contributed by atoms with van der Waals surface area (Å²) in [6.07, 6.45) is 0. The zero-order valence-corrected chi connectivity index (χ0v) is 11.4. The standard InChI is InChI=1S/C13H15N3O4/c1-17-8-4-5-9(14)10(6-8)20-13-15-11(18-2)7-12(16-13)19-3/h4-7H,14H2,1-3H3. The second-order valence-electron chi connectivity index (χ2n) is 3.74. The molecule has 20 heavy (non-hydrogen) atoms. The lowest BCUT2D eigenvalue weighted by Gasteiger charge is -2.10.